The lowest BCUT2D eigenvalue weighted by Crippen LogP contribution is -2.52. The molecule has 170 valence electrons. The number of anilines is 2. The zero-order chi connectivity index (χ0) is 23.4. The van der Waals surface area contributed by atoms with Gasteiger partial charge in [-0.2, -0.15) is 0 Å². The van der Waals surface area contributed by atoms with E-state index >= 15 is 0 Å². The van der Waals surface area contributed by atoms with Crippen molar-refractivity contribution in [2.75, 3.05) is 17.7 Å². The van der Waals surface area contributed by atoms with Gasteiger partial charge in [-0.25, -0.2) is 13.4 Å². The van der Waals surface area contributed by atoms with Crippen LogP contribution < -0.4 is 15.4 Å². The molecule has 1 aliphatic heterocycles. The van der Waals surface area contributed by atoms with E-state index in [0.717, 1.165) is 11.1 Å². The molecule has 2 amide bonds. The lowest BCUT2D eigenvalue weighted by atomic mass is 10.0. The maximum atomic E-state index is 13.4. The van der Waals surface area contributed by atoms with Crippen LogP contribution in [0.5, 0.6) is 0 Å². The first-order valence-electron chi connectivity index (χ1n) is 10.3. The van der Waals surface area contributed by atoms with Gasteiger partial charge in [0.1, 0.15) is 11.9 Å². The van der Waals surface area contributed by atoms with Crippen LogP contribution >= 0.6 is 23.7 Å². The molecule has 33 heavy (non-hydrogen) atoms. The highest BCUT2D eigenvalue weighted by atomic mass is 35.5. The summed E-state index contributed by atoms with van der Waals surface area (Å²) in [5, 5.41) is 5.57. The second kappa shape index (κ2) is 10.4. The van der Waals surface area contributed by atoms with Gasteiger partial charge in [0.15, 0.2) is 0 Å². The molecule has 0 bridgehead atoms. The average molecular weight is 485 g/mol. The van der Waals surface area contributed by atoms with Crippen LogP contribution in [0.2, 0.25) is 5.02 Å². The standard InChI is InChI=1S/C24H22ClFN4O2S/c1-30-22(24(32)28-18-11-12-20(26)19(25)13-18)14-21(29-33-30)23(31)27-17-9-7-16(8-10-17)15-5-3-2-4-6-15/h2-13,21-22,29H,14H2,1H3,(H,27,31)(H,28,32). The van der Waals surface area contributed by atoms with Crippen molar-refractivity contribution in [2.24, 2.45) is 0 Å². The number of carbonyl (C=O) groups is 2. The lowest BCUT2D eigenvalue weighted by Gasteiger charge is -2.34. The Labute approximate surface area is 200 Å². The molecule has 9 heteroatoms. The number of hydrogen-bond acceptors (Lipinski definition) is 5. The van der Waals surface area contributed by atoms with Crippen molar-refractivity contribution in [3.8, 4) is 11.1 Å². The van der Waals surface area contributed by atoms with Crippen LogP contribution in [0.15, 0.2) is 72.8 Å². The molecular weight excluding hydrogens is 463 g/mol. The van der Waals surface area contributed by atoms with Gasteiger partial charge in [0.05, 0.1) is 11.1 Å². The van der Waals surface area contributed by atoms with E-state index in [-0.39, 0.29) is 23.3 Å². The minimum absolute atomic E-state index is 0.0728. The largest absolute Gasteiger partial charge is 0.325 e. The van der Waals surface area contributed by atoms with Crippen LogP contribution in [0.4, 0.5) is 15.8 Å². The minimum atomic E-state index is -0.576. The molecule has 0 aliphatic carbocycles. The van der Waals surface area contributed by atoms with E-state index in [2.05, 4.69) is 15.4 Å². The number of benzene rings is 3. The fourth-order valence-corrected chi connectivity index (χ4v) is 4.45. The van der Waals surface area contributed by atoms with E-state index in [0.29, 0.717) is 11.4 Å². The predicted molar refractivity (Wildman–Crippen MR) is 131 cm³/mol. The molecule has 3 aromatic rings. The van der Waals surface area contributed by atoms with E-state index in [1.807, 2.05) is 54.6 Å². The van der Waals surface area contributed by atoms with Crippen LogP contribution in [0.1, 0.15) is 6.42 Å². The summed E-state index contributed by atoms with van der Waals surface area (Å²) in [6, 6.07) is 20.4. The second-order valence-electron chi connectivity index (χ2n) is 7.61. The van der Waals surface area contributed by atoms with Crippen molar-refractivity contribution >= 4 is 46.9 Å². The van der Waals surface area contributed by atoms with Crippen LogP contribution in [0, 0.1) is 5.82 Å². The van der Waals surface area contributed by atoms with Crippen molar-refractivity contribution in [1.82, 2.24) is 9.03 Å². The molecule has 0 aromatic heterocycles. The maximum absolute atomic E-state index is 13.4. The Morgan fingerprint density at radius 2 is 1.61 bits per heavy atom. The van der Waals surface area contributed by atoms with Crippen LogP contribution in [0.3, 0.4) is 0 Å². The molecule has 6 nitrogen and oxygen atoms in total. The molecule has 1 heterocycles. The number of nitrogens with one attached hydrogen (secondary N) is 3. The first kappa shape index (κ1) is 23.3. The van der Waals surface area contributed by atoms with E-state index in [1.54, 1.807) is 11.4 Å². The third kappa shape index (κ3) is 5.72. The van der Waals surface area contributed by atoms with Crippen molar-refractivity contribution in [3.63, 3.8) is 0 Å². The molecule has 0 spiro atoms. The molecule has 0 radical (unpaired) electrons. The number of likely N-dealkylation sites (N-methyl/N-ethyl adjacent to an activating group) is 1. The summed E-state index contributed by atoms with van der Waals surface area (Å²) in [6.45, 7) is 0. The molecule has 2 unspecified atom stereocenters. The van der Waals surface area contributed by atoms with Crippen LogP contribution in [0.25, 0.3) is 11.1 Å². The highest BCUT2D eigenvalue weighted by Gasteiger charge is 2.35. The molecule has 2 atom stereocenters. The molecule has 1 aliphatic rings. The summed E-state index contributed by atoms with van der Waals surface area (Å²) in [7, 11) is 1.76. The van der Waals surface area contributed by atoms with E-state index in [1.165, 1.54) is 30.3 Å². The van der Waals surface area contributed by atoms with Gasteiger partial charge in [0.25, 0.3) is 0 Å². The highest BCUT2D eigenvalue weighted by molar-refractivity contribution is 7.95. The number of rotatable bonds is 5. The van der Waals surface area contributed by atoms with Gasteiger partial charge in [0, 0.05) is 23.5 Å². The van der Waals surface area contributed by atoms with E-state index in [4.69, 9.17) is 11.6 Å². The average Bonchev–Trinajstić information content (AvgIpc) is 2.82. The van der Waals surface area contributed by atoms with Crippen LogP contribution in [-0.2, 0) is 9.59 Å². The van der Waals surface area contributed by atoms with Gasteiger partial charge in [0.2, 0.25) is 11.8 Å². The molecular formula is C24H22ClFN4O2S. The molecule has 0 saturated carbocycles. The van der Waals surface area contributed by atoms with E-state index in [9.17, 15) is 14.0 Å². The monoisotopic (exact) mass is 484 g/mol. The Hall–Kier alpha value is -2.91. The smallest absolute Gasteiger partial charge is 0.242 e. The maximum Gasteiger partial charge on any atom is 0.242 e. The summed E-state index contributed by atoms with van der Waals surface area (Å²) in [5.74, 6) is -1.09. The molecule has 3 N–H and O–H groups in total. The molecule has 3 aromatic carbocycles. The first-order valence-corrected chi connectivity index (χ1v) is 11.4. The van der Waals surface area contributed by atoms with Crippen molar-refractivity contribution < 1.29 is 14.0 Å². The predicted octanol–water partition coefficient (Wildman–Crippen LogP) is 4.95. The minimum Gasteiger partial charge on any atom is -0.325 e. The van der Waals surface area contributed by atoms with Gasteiger partial charge in [-0.3, -0.25) is 9.59 Å². The van der Waals surface area contributed by atoms with Crippen molar-refractivity contribution in [2.45, 2.75) is 18.5 Å². The van der Waals surface area contributed by atoms with Gasteiger partial charge < -0.3 is 10.6 Å². The van der Waals surface area contributed by atoms with Crippen LogP contribution in [-0.4, -0.2) is 35.3 Å². The van der Waals surface area contributed by atoms with E-state index < -0.39 is 17.9 Å². The molecule has 1 fully saturated rings. The summed E-state index contributed by atoms with van der Waals surface area (Å²) in [5.41, 5.74) is 3.22. The quantitative estimate of drug-likeness (QED) is 0.447. The second-order valence-corrected chi connectivity index (χ2v) is 9.01. The third-order valence-electron chi connectivity index (χ3n) is 5.30. The number of nitrogens with zero attached hydrogens (tertiary/aromatic N) is 1. The molecule has 4 rings (SSSR count). The number of amides is 2. The zero-order valence-electron chi connectivity index (χ0n) is 17.7. The first-order chi connectivity index (χ1) is 15.9. The zero-order valence-corrected chi connectivity index (χ0v) is 19.3. The van der Waals surface area contributed by atoms with Crippen molar-refractivity contribution in [1.29, 1.82) is 0 Å². The van der Waals surface area contributed by atoms with Gasteiger partial charge >= 0.3 is 0 Å². The lowest BCUT2D eigenvalue weighted by molar-refractivity contribution is -0.121. The SMILES string of the molecule is CN1SNC(C(=O)Nc2ccc(-c3ccccc3)cc2)CC1C(=O)Nc1ccc(F)c(Cl)c1. The summed E-state index contributed by atoms with van der Waals surface area (Å²) >= 11 is 6.99. The van der Waals surface area contributed by atoms with Gasteiger partial charge in [-0.05, 0) is 54.9 Å². The number of halogens is 2. The highest BCUT2D eigenvalue weighted by Crippen LogP contribution is 2.25. The Balaban J connectivity index is 1.38. The fraction of sp³-hybridized carbons (Fsp3) is 0.167. The summed E-state index contributed by atoms with van der Waals surface area (Å²) in [6.07, 6.45) is 0.262. The number of carbonyl (C=O) groups excluding carboxylic acids is 2. The summed E-state index contributed by atoms with van der Waals surface area (Å²) in [4.78, 5) is 25.7. The van der Waals surface area contributed by atoms with Gasteiger partial charge in [-0.15, -0.1) is 0 Å². The Morgan fingerprint density at radius 3 is 2.30 bits per heavy atom. The third-order valence-corrected chi connectivity index (χ3v) is 6.52. The van der Waals surface area contributed by atoms with Gasteiger partial charge in [-0.1, -0.05) is 54.1 Å². The topological polar surface area (TPSA) is 73.5 Å². The normalized spacial score (nSPS) is 18.5. The molecule has 1 saturated heterocycles. The van der Waals surface area contributed by atoms with Crippen molar-refractivity contribution in [3.05, 3.63) is 83.6 Å². The Kier molecular flexibility index (Phi) is 7.29. The fourth-order valence-electron chi connectivity index (χ4n) is 3.47. The Bertz CT molecular complexity index is 1150. The summed E-state index contributed by atoms with van der Waals surface area (Å²) < 4.78 is 18.2. The Morgan fingerprint density at radius 1 is 0.970 bits per heavy atom. The number of hydrogen-bond donors (Lipinski definition) is 3.